The molecular formula is C14H31NO9. The van der Waals surface area contributed by atoms with Crippen molar-refractivity contribution in [2.45, 2.75) is 62.1 Å². The molecule has 24 heavy (non-hydrogen) atoms. The molecule has 0 bridgehead atoms. The molecular weight excluding hydrogens is 326 g/mol. The molecule has 10 heteroatoms. The molecule has 0 spiro atoms. The van der Waals surface area contributed by atoms with Crippen LogP contribution in [-0.2, 0) is 0 Å². The number of hydrogen-bond acceptors (Lipinski definition) is 10. The van der Waals surface area contributed by atoms with Gasteiger partial charge in [0.2, 0.25) is 0 Å². The summed E-state index contributed by atoms with van der Waals surface area (Å²) in [5, 5.41) is 85.9. The molecule has 0 aliphatic rings. The van der Waals surface area contributed by atoms with E-state index in [1.165, 1.54) is 11.9 Å². The van der Waals surface area contributed by atoms with Crippen LogP contribution < -0.4 is 0 Å². The van der Waals surface area contributed by atoms with Gasteiger partial charge >= 0.3 is 0 Å². The first-order valence-corrected chi connectivity index (χ1v) is 7.80. The van der Waals surface area contributed by atoms with E-state index in [-0.39, 0.29) is 13.0 Å². The smallest absolute Gasteiger partial charge is 0.111 e. The lowest BCUT2D eigenvalue weighted by Gasteiger charge is -2.35. The summed E-state index contributed by atoms with van der Waals surface area (Å²) in [6, 6.07) is -0.924. The highest BCUT2D eigenvalue weighted by Gasteiger charge is 2.36. The van der Waals surface area contributed by atoms with Crippen LogP contribution >= 0.6 is 0 Å². The van der Waals surface area contributed by atoms with Gasteiger partial charge in [0.25, 0.3) is 0 Å². The van der Waals surface area contributed by atoms with E-state index >= 15 is 0 Å². The van der Waals surface area contributed by atoms with Gasteiger partial charge in [-0.05, 0) is 13.5 Å². The molecule has 0 unspecified atom stereocenters. The number of nitrogens with zero attached hydrogens (tertiary/aromatic N) is 1. The molecule has 0 aliphatic heterocycles. The maximum atomic E-state index is 9.96. The quantitative estimate of drug-likeness (QED) is 0.164. The van der Waals surface area contributed by atoms with Crippen LogP contribution in [0.2, 0.25) is 0 Å². The van der Waals surface area contributed by atoms with Crippen LogP contribution in [0.4, 0.5) is 0 Å². The lowest BCUT2D eigenvalue weighted by molar-refractivity contribution is -0.145. The first-order chi connectivity index (χ1) is 11.1. The summed E-state index contributed by atoms with van der Waals surface area (Å²) in [5.41, 5.74) is 0. The Balaban J connectivity index is 4.79. The Kier molecular flexibility index (Phi) is 11.1. The monoisotopic (exact) mass is 357 g/mol. The van der Waals surface area contributed by atoms with Crippen LogP contribution in [0.1, 0.15) is 13.3 Å². The van der Waals surface area contributed by atoms with E-state index in [1.54, 1.807) is 6.92 Å². The van der Waals surface area contributed by atoms with Gasteiger partial charge in [-0.3, -0.25) is 4.90 Å². The summed E-state index contributed by atoms with van der Waals surface area (Å²) < 4.78 is 0. The molecule has 0 heterocycles. The van der Waals surface area contributed by atoms with Crippen LogP contribution in [0.5, 0.6) is 0 Å². The van der Waals surface area contributed by atoms with E-state index in [1.807, 2.05) is 0 Å². The maximum absolute atomic E-state index is 9.96. The van der Waals surface area contributed by atoms with Gasteiger partial charge in [0, 0.05) is 6.54 Å². The summed E-state index contributed by atoms with van der Waals surface area (Å²) in [6.07, 6.45) is -11.0. The van der Waals surface area contributed by atoms with Crippen molar-refractivity contribution in [3.63, 3.8) is 0 Å². The van der Waals surface area contributed by atoms with E-state index in [4.69, 9.17) is 5.11 Å². The lowest BCUT2D eigenvalue weighted by Crippen LogP contribution is -2.55. The SMILES string of the molecule is CC[C@@H](O)[C@H](O)[C@@H](CO)N(C)C[C@@H](O)[C@@H](O)[C@H](O)[C@H](O)[C@@H](O)CO. The minimum Gasteiger partial charge on any atom is -0.395 e. The van der Waals surface area contributed by atoms with Gasteiger partial charge in [-0.1, -0.05) is 6.92 Å². The first kappa shape index (κ1) is 23.6. The normalized spacial score (nSPS) is 22.5. The summed E-state index contributed by atoms with van der Waals surface area (Å²) in [4.78, 5) is 1.29. The molecule has 146 valence electrons. The average molecular weight is 357 g/mol. The fourth-order valence-electron chi connectivity index (χ4n) is 2.31. The molecule has 9 N–H and O–H groups in total. The molecule has 0 saturated heterocycles. The molecule has 0 fully saturated rings. The zero-order valence-electron chi connectivity index (χ0n) is 13.9. The Morgan fingerprint density at radius 3 is 1.58 bits per heavy atom. The maximum Gasteiger partial charge on any atom is 0.111 e. The standard InChI is InChI=1S/C14H31NO9/c1-3-8(18)11(21)7(5-16)15(2)4-9(19)12(22)14(24)13(23)10(20)6-17/h7-14,16-24H,3-6H2,1-2H3/t7-,8-,9-,10+,11-,12-,13-,14+/m1/s1. The summed E-state index contributed by atoms with van der Waals surface area (Å²) in [5.74, 6) is 0. The minimum atomic E-state index is -1.92. The Labute approximate surface area is 140 Å². The van der Waals surface area contributed by atoms with Gasteiger partial charge in [0.1, 0.15) is 24.4 Å². The van der Waals surface area contributed by atoms with Gasteiger partial charge in [-0.15, -0.1) is 0 Å². The van der Waals surface area contributed by atoms with Crippen molar-refractivity contribution >= 4 is 0 Å². The van der Waals surface area contributed by atoms with Crippen molar-refractivity contribution in [2.75, 3.05) is 26.8 Å². The fraction of sp³-hybridized carbons (Fsp3) is 1.00. The van der Waals surface area contributed by atoms with Crippen molar-refractivity contribution in [1.29, 1.82) is 0 Å². The lowest BCUT2D eigenvalue weighted by atomic mass is 9.98. The van der Waals surface area contributed by atoms with Crippen molar-refractivity contribution in [1.82, 2.24) is 4.90 Å². The first-order valence-electron chi connectivity index (χ1n) is 7.80. The number of aliphatic hydroxyl groups excluding tert-OH is 9. The van der Waals surface area contributed by atoms with Gasteiger partial charge < -0.3 is 46.0 Å². The van der Waals surface area contributed by atoms with E-state index in [0.717, 1.165) is 0 Å². The summed E-state index contributed by atoms with van der Waals surface area (Å²) in [7, 11) is 1.42. The Bertz CT molecular complexity index is 335. The highest BCUT2D eigenvalue weighted by atomic mass is 16.4. The fourth-order valence-corrected chi connectivity index (χ4v) is 2.31. The highest BCUT2D eigenvalue weighted by Crippen LogP contribution is 2.13. The predicted octanol–water partition coefficient (Wildman–Crippen LogP) is -4.79. The average Bonchev–Trinajstić information content (AvgIpc) is 2.58. The third kappa shape index (κ3) is 6.48. The number of aliphatic hydroxyl groups is 9. The summed E-state index contributed by atoms with van der Waals surface area (Å²) in [6.45, 7) is -0.0232. The van der Waals surface area contributed by atoms with E-state index in [2.05, 4.69) is 0 Å². The molecule has 8 atom stereocenters. The van der Waals surface area contributed by atoms with Crippen molar-refractivity contribution in [2.24, 2.45) is 0 Å². The largest absolute Gasteiger partial charge is 0.395 e. The second kappa shape index (κ2) is 11.3. The Morgan fingerprint density at radius 1 is 0.667 bits per heavy atom. The van der Waals surface area contributed by atoms with E-state index in [9.17, 15) is 40.9 Å². The van der Waals surface area contributed by atoms with Gasteiger partial charge in [-0.25, -0.2) is 0 Å². The molecule has 0 amide bonds. The third-order valence-corrected chi connectivity index (χ3v) is 4.11. The number of rotatable bonds is 12. The van der Waals surface area contributed by atoms with Crippen LogP contribution in [0.3, 0.4) is 0 Å². The molecule has 0 aromatic rings. The van der Waals surface area contributed by atoms with E-state index < -0.39 is 62.0 Å². The third-order valence-electron chi connectivity index (χ3n) is 4.11. The van der Waals surface area contributed by atoms with E-state index in [0.29, 0.717) is 0 Å². The minimum absolute atomic E-state index is 0.251. The molecule has 10 nitrogen and oxygen atoms in total. The molecule has 0 rings (SSSR count). The van der Waals surface area contributed by atoms with Crippen LogP contribution in [0, 0.1) is 0 Å². The van der Waals surface area contributed by atoms with Crippen LogP contribution in [0.25, 0.3) is 0 Å². The van der Waals surface area contributed by atoms with Crippen LogP contribution in [-0.4, -0.2) is 126 Å². The van der Waals surface area contributed by atoms with Crippen molar-refractivity contribution in [3.05, 3.63) is 0 Å². The molecule has 0 aliphatic carbocycles. The Morgan fingerprint density at radius 2 is 1.17 bits per heavy atom. The van der Waals surface area contributed by atoms with Gasteiger partial charge in [0.15, 0.2) is 0 Å². The number of hydrogen-bond donors (Lipinski definition) is 9. The topological polar surface area (TPSA) is 185 Å². The summed E-state index contributed by atoms with van der Waals surface area (Å²) >= 11 is 0. The number of likely N-dealkylation sites (N-methyl/N-ethyl adjacent to an activating group) is 1. The molecule has 0 aromatic heterocycles. The van der Waals surface area contributed by atoms with Crippen LogP contribution in [0.15, 0.2) is 0 Å². The van der Waals surface area contributed by atoms with Crippen molar-refractivity contribution < 1.29 is 46.0 Å². The molecule has 0 aromatic carbocycles. The molecule has 0 radical (unpaired) electrons. The predicted molar refractivity (Wildman–Crippen MR) is 82.9 cm³/mol. The zero-order chi connectivity index (χ0) is 19.0. The second-order valence-electron chi connectivity index (χ2n) is 5.94. The molecule has 0 saturated carbocycles. The zero-order valence-corrected chi connectivity index (χ0v) is 13.9. The Hall–Kier alpha value is -0.400. The highest BCUT2D eigenvalue weighted by molar-refractivity contribution is 4.88. The van der Waals surface area contributed by atoms with Gasteiger partial charge in [0.05, 0.1) is 37.6 Å². The van der Waals surface area contributed by atoms with Crippen molar-refractivity contribution in [3.8, 4) is 0 Å². The van der Waals surface area contributed by atoms with Gasteiger partial charge in [-0.2, -0.15) is 0 Å². The second-order valence-corrected chi connectivity index (χ2v) is 5.94.